The van der Waals surface area contributed by atoms with E-state index in [0.29, 0.717) is 24.7 Å². The van der Waals surface area contributed by atoms with Crippen LogP contribution in [0.25, 0.3) is 11.5 Å². The summed E-state index contributed by atoms with van der Waals surface area (Å²) < 4.78 is 10.7. The fraction of sp³-hybridized carbons (Fsp3) is 0.438. The number of benzene rings is 1. The number of ether oxygens (including phenoxy) is 1. The van der Waals surface area contributed by atoms with Crippen LogP contribution in [0.1, 0.15) is 17.6 Å². The Hall–Kier alpha value is -2.41. The third kappa shape index (κ3) is 3.34. The molecule has 0 spiro atoms. The van der Waals surface area contributed by atoms with E-state index in [1.807, 2.05) is 18.2 Å². The molecular formula is C16H20N4O3. The van der Waals surface area contributed by atoms with Crippen molar-refractivity contribution in [1.29, 1.82) is 0 Å². The monoisotopic (exact) mass is 316 g/mol. The van der Waals surface area contributed by atoms with Gasteiger partial charge in [0, 0.05) is 31.7 Å². The second-order valence-corrected chi connectivity index (χ2v) is 5.37. The van der Waals surface area contributed by atoms with Gasteiger partial charge in [-0.1, -0.05) is 13.0 Å². The van der Waals surface area contributed by atoms with Crippen molar-refractivity contribution in [2.24, 2.45) is 0 Å². The van der Waals surface area contributed by atoms with Gasteiger partial charge in [0.2, 0.25) is 5.89 Å². The smallest absolute Gasteiger partial charge is 0.311 e. The molecule has 0 unspecified atom stereocenters. The van der Waals surface area contributed by atoms with Crippen molar-refractivity contribution in [3.63, 3.8) is 0 Å². The maximum atomic E-state index is 12.4. The summed E-state index contributed by atoms with van der Waals surface area (Å²) in [6, 6.07) is 7.30. The van der Waals surface area contributed by atoms with Gasteiger partial charge in [0.25, 0.3) is 0 Å². The van der Waals surface area contributed by atoms with Gasteiger partial charge in [0.1, 0.15) is 5.75 Å². The molecule has 0 aliphatic carbocycles. The van der Waals surface area contributed by atoms with E-state index in [9.17, 15) is 4.79 Å². The minimum atomic E-state index is -0.206. The zero-order valence-electron chi connectivity index (χ0n) is 13.4. The first-order valence-electron chi connectivity index (χ1n) is 7.71. The lowest BCUT2D eigenvalue weighted by molar-refractivity contribution is 0.0605. The predicted molar refractivity (Wildman–Crippen MR) is 84.3 cm³/mol. The number of aromatic nitrogens is 2. The lowest BCUT2D eigenvalue weighted by Crippen LogP contribution is -2.48. The molecule has 1 aromatic carbocycles. The van der Waals surface area contributed by atoms with E-state index in [0.717, 1.165) is 25.2 Å². The number of hydrogen-bond donors (Lipinski definition) is 0. The summed E-state index contributed by atoms with van der Waals surface area (Å²) in [5.74, 6) is 0.846. The van der Waals surface area contributed by atoms with E-state index < -0.39 is 0 Å². The summed E-state index contributed by atoms with van der Waals surface area (Å²) >= 11 is 0. The van der Waals surface area contributed by atoms with Crippen molar-refractivity contribution in [2.45, 2.75) is 6.92 Å². The molecule has 122 valence electrons. The van der Waals surface area contributed by atoms with Crippen LogP contribution in [0, 0.1) is 0 Å². The van der Waals surface area contributed by atoms with Crippen molar-refractivity contribution in [1.82, 2.24) is 20.0 Å². The van der Waals surface area contributed by atoms with Gasteiger partial charge in [-0.3, -0.25) is 4.79 Å². The van der Waals surface area contributed by atoms with E-state index >= 15 is 0 Å². The van der Waals surface area contributed by atoms with Crippen LogP contribution in [0.5, 0.6) is 5.75 Å². The molecule has 1 aliphatic heterocycles. The molecule has 1 saturated heterocycles. The van der Waals surface area contributed by atoms with E-state index in [1.165, 1.54) is 0 Å². The van der Waals surface area contributed by atoms with E-state index in [-0.39, 0.29) is 11.8 Å². The number of carbonyl (C=O) groups excluding carboxylic acids is 1. The quantitative estimate of drug-likeness (QED) is 0.852. The lowest BCUT2D eigenvalue weighted by Gasteiger charge is -2.33. The number of piperazine rings is 1. The van der Waals surface area contributed by atoms with Crippen LogP contribution in [-0.4, -0.2) is 65.7 Å². The highest BCUT2D eigenvalue weighted by Crippen LogP contribution is 2.23. The number of nitrogens with zero attached hydrogens (tertiary/aromatic N) is 4. The van der Waals surface area contributed by atoms with Gasteiger partial charge in [-0.2, -0.15) is 0 Å². The average Bonchev–Trinajstić information content (AvgIpc) is 3.11. The normalized spacial score (nSPS) is 15.7. The first-order valence-corrected chi connectivity index (χ1v) is 7.71. The van der Waals surface area contributed by atoms with E-state index in [4.69, 9.17) is 9.15 Å². The average molecular weight is 316 g/mol. The third-order valence-electron chi connectivity index (χ3n) is 4.03. The van der Waals surface area contributed by atoms with E-state index in [2.05, 4.69) is 22.0 Å². The summed E-state index contributed by atoms with van der Waals surface area (Å²) in [7, 11) is 1.60. The summed E-state index contributed by atoms with van der Waals surface area (Å²) in [5, 5.41) is 7.88. The number of likely N-dealkylation sites (N-methyl/N-ethyl adjacent to an activating group) is 1. The number of hydrogen-bond acceptors (Lipinski definition) is 6. The zero-order chi connectivity index (χ0) is 16.2. The SMILES string of the molecule is CCN1CCN(C(=O)c2nnc(-c3cccc(OC)c3)o2)CC1. The van der Waals surface area contributed by atoms with Crippen molar-refractivity contribution >= 4 is 5.91 Å². The second kappa shape index (κ2) is 6.78. The first kappa shape index (κ1) is 15.5. The molecule has 7 heteroatoms. The number of carbonyl (C=O) groups is 1. The second-order valence-electron chi connectivity index (χ2n) is 5.37. The van der Waals surface area contributed by atoms with Crippen LogP contribution in [0.15, 0.2) is 28.7 Å². The van der Waals surface area contributed by atoms with Gasteiger partial charge in [0.15, 0.2) is 0 Å². The third-order valence-corrected chi connectivity index (χ3v) is 4.03. The molecular weight excluding hydrogens is 296 g/mol. The Bertz CT molecular complexity index is 677. The summed E-state index contributed by atoms with van der Waals surface area (Å²) in [6.45, 7) is 6.24. The van der Waals surface area contributed by atoms with Crippen LogP contribution < -0.4 is 4.74 Å². The fourth-order valence-corrected chi connectivity index (χ4v) is 2.58. The van der Waals surface area contributed by atoms with Crippen LogP contribution in [0.4, 0.5) is 0 Å². The maximum absolute atomic E-state index is 12.4. The molecule has 7 nitrogen and oxygen atoms in total. The molecule has 23 heavy (non-hydrogen) atoms. The Labute approximate surface area is 134 Å². The topological polar surface area (TPSA) is 71.7 Å². The highest BCUT2D eigenvalue weighted by Gasteiger charge is 2.25. The molecule has 1 fully saturated rings. The Kier molecular flexibility index (Phi) is 4.57. The maximum Gasteiger partial charge on any atom is 0.311 e. The zero-order valence-corrected chi connectivity index (χ0v) is 13.4. The van der Waals surface area contributed by atoms with Gasteiger partial charge in [-0.25, -0.2) is 0 Å². The molecule has 0 bridgehead atoms. The molecule has 0 radical (unpaired) electrons. The number of methoxy groups -OCH3 is 1. The standard InChI is InChI=1S/C16H20N4O3/c1-3-19-7-9-20(10-8-19)16(21)15-18-17-14(23-15)12-5-4-6-13(11-12)22-2/h4-6,11H,3,7-10H2,1-2H3. The van der Waals surface area contributed by atoms with Crippen molar-refractivity contribution in [3.8, 4) is 17.2 Å². The molecule has 1 aromatic heterocycles. The molecule has 2 aromatic rings. The summed E-state index contributed by atoms with van der Waals surface area (Å²) in [4.78, 5) is 16.5. The van der Waals surface area contributed by atoms with Crippen LogP contribution >= 0.6 is 0 Å². The highest BCUT2D eigenvalue weighted by molar-refractivity contribution is 5.89. The fourth-order valence-electron chi connectivity index (χ4n) is 2.58. The number of amides is 1. The van der Waals surface area contributed by atoms with Crippen molar-refractivity contribution < 1.29 is 13.9 Å². The van der Waals surface area contributed by atoms with Crippen LogP contribution in [-0.2, 0) is 0 Å². The summed E-state index contributed by atoms with van der Waals surface area (Å²) in [6.07, 6.45) is 0. The largest absolute Gasteiger partial charge is 0.497 e. The number of rotatable bonds is 4. The lowest BCUT2D eigenvalue weighted by atomic mass is 10.2. The van der Waals surface area contributed by atoms with Crippen molar-refractivity contribution in [2.75, 3.05) is 39.8 Å². The van der Waals surface area contributed by atoms with Gasteiger partial charge in [-0.15, -0.1) is 10.2 Å². The van der Waals surface area contributed by atoms with Gasteiger partial charge in [0.05, 0.1) is 7.11 Å². The van der Waals surface area contributed by atoms with Crippen molar-refractivity contribution in [3.05, 3.63) is 30.2 Å². The van der Waals surface area contributed by atoms with E-state index in [1.54, 1.807) is 18.1 Å². The molecule has 0 atom stereocenters. The van der Waals surface area contributed by atoms with Gasteiger partial charge < -0.3 is 19.0 Å². The molecule has 2 heterocycles. The van der Waals surface area contributed by atoms with Crippen LogP contribution in [0.2, 0.25) is 0 Å². The summed E-state index contributed by atoms with van der Waals surface area (Å²) in [5.41, 5.74) is 0.728. The Morgan fingerprint density at radius 3 is 2.74 bits per heavy atom. The molecule has 1 aliphatic rings. The Morgan fingerprint density at radius 1 is 1.26 bits per heavy atom. The first-order chi connectivity index (χ1) is 11.2. The molecule has 1 amide bonds. The minimum absolute atomic E-state index is 0.0350. The van der Waals surface area contributed by atoms with Gasteiger partial charge in [-0.05, 0) is 24.7 Å². The minimum Gasteiger partial charge on any atom is -0.497 e. The highest BCUT2D eigenvalue weighted by atomic mass is 16.5. The Morgan fingerprint density at radius 2 is 2.04 bits per heavy atom. The van der Waals surface area contributed by atoms with Crippen LogP contribution in [0.3, 0.4) is 0 Å². The Balaban J connectivity index is 1.72. The predicted octanol–water partition coefficient (Wildman–Crippen LogP) is 1.52. The molecule has 0 N–H and O–H groups in total. The molecule has 0 saturated carbocycles. The van der Waals surface area contributed by atoms with Gasteiger partial charge >= 0.3 is 11.8 Å². The molecule has 3 rings (SSSR count).